The summed E-state index contributed by atoms with van der Waals surface area (Å²) in [5, 5.41) is 3.12. The van der Waals surface area contributed by atoms with Gasteiger partial charge < -0.3 is 15.0 Å². The molecule has 31 heavy (non-hydrogen) atoms. The van der Waals surface area contributed by atoms with Crippen molar-refractivity contribution < 1.29 is 9.53 Å². The maximum Gasteiger partial charge on any atom is 0.321 e. The van der Waals surface area contributed by atoms with Gasteiger partial charge in [0.05, 0.1) is 18.0 Å². The van der Waals surface area contributed by atoms with Gasteiger partial charge in [-0.05, 0) is 43.4 Å². The molecule has 2 aliphatic rings. The summed E-state index contributed by atoms with van der Waals surface area (Å²) in [6.07, 6.45) is 4.26. The van der Waals surface area contributed by atoms with Crippen LogP contribution in [0.1, 0.15) is 29.9 Å². The maximum absolute atomic E-state index is 13.1. The monoisotopic (exact) mass is 414 g/mol. The van der Waals surface area contributed by atoms with E-state index in [0.29, 0.717) is 19.7 Å². The lowest BCUT2D eigenvalue weighted by atomic mass is 9.83. The zero-order chi connectivity index (χ0) is 21.3. The van der Waals surface area contributed by atoms with E-state index in [1.54, 1.807) is 0 Å². The van der Waals surface area contributed by atoms with E-state index in [-0.39, 0.29) is 6.03 Å². The molecule has 0 bridgehead atoms. The summed E-state index contributed by atoms with van der Waals surface area (Å²) in [6, 6.07) is 18.0. The number of urea groups is 1. The average molecular weight is 415 g/mol. The van der Waals surface area contributed by atoms with E-state index in [1.807, 2.05) is 60.5 Å². The quantitative estimate of drug-likeness (QED) is 0.668. The lowest BCUT2D eigenvalue weighted by Crippen LogP contribution is -2.50. The van der Waals surface area contributed by atoms with Crippen molar-refractivity contribution in [2.24, 2.45) is 0 Å². The lowest BCUT2D eigenvalue weighted by molar-refractivity contribution is -0.0955. The van der Waals surface area contributed by atoms with Gasteiger partial charge in [0.2, 0.25) is 0 Å². The normalized spacial score (nSPS) is 17.3. The summed E-state index contributed by atoms with van der Waals surface area (Å²) in [6.45, 7) is 3.84. The minimum Gasteiger partial charge on any atom is -0.368 e. The molecule has 2 aliphatic heterocycles. The number of likely N-dealkylation sites (tertiary alicyclic amines) is 1. The number of ether oxygens (including phenoxy) is 1. The summed E-state index contributed by atoms with van der Waals surface area (Å²) < 4.78 is 6.26. The average Bonchev–Trinajstić information content (AvgIpc) is 2.81. The molecule has 158 valence electrons. The minimum atomic E-state index is -0.403. The van der Waals surface area contributed by atoms with E-state index in [0.717, 1.165) is 47.6 Å². The van der Waals surface area contributed by atoms with E-state index in [2.05, 4.69) is 22.4 Å². The molecule has 1 N–H and O–H groups in total. The highest BCUT2D eigenvalue weighted by Crippen LogP contribution is 2.40. The molecule has 0 saturated carbocycles. The summed E-state index contributed by atoms with van der Waals surface area (Å²) >= 11 is 0. The molecular weight excluding hydrogens is 388 g/mol. The largest absolute Gasteiger partial charge is 0.368 e. The first-order valence-electron chi connectivity index (χ1n) is 10.8. The highest BCUT2D eigenvalue weighted by atomic mass is 16.5. The van der Waals surface area contributed by atoms with Crippen LogP contribution in [0, 0.1) is 6.92 Å². The number of para-hydroxylation sites is 1. The van der Waals surface area contributed by atoms with Crippen LogP contribution in [0.25, 0.3) is 11.1 Å². The number of carbonyl (C=O) groups excluding carboxylic acids is 1. The number of aryl methyl sites for hydroxylation is 1. The van der Waals surface area contributed by atoms with E-state index in [4.69, 9.17) is 9.72 Å². The Bertz CT molecular complexity index is 1090. The van der Waals surface area contributed by atoms with Crippen LogP contribution in [0.15, 0.2) is 60.8 Å². The Kier molecular flexibility index (Phi) is 5.16. The Balaban J connectivity index is 1.31. The number of fused-ring (bicyclic) bond motifs is 2. The Morgan fingerprint density at radius 3 is 2.61 bits per heavy atom. The predicted octanol–water partition coefficient (Wildman–Crippen LogP) is 4.55. The first-order valence-corrected chi connectivity index (χ1v) is 10.8. The van der Waals surface area contributed by atoms with Crippen molar-refractivity contribution in [3.63, 3.8) is 0 Å². The van der Waals surface area contributed by atoms with Gasteiger partial charge in [-0.25, -0.2) is 14.8 Å². The third kappa shape index (κ3) is 3.79. The van der Waals surface area contributed by atoms with Crippen molar-refractivity contribution >= 4 is 11.7 Å². The van der Waals surface area contributed by atoms with Crippen LogP contribution in [0.3, 0.4) is 0 Å². The number of aromatic nitrogens is 2. The number of nitrogens with zero attached hydrogens (tertiary/aromatic N) is 3. The van der Waals surface area contributed by atoms with Crippen LogP contribution < -0.4 is 5.32 Å². The van der Waals surface area contributed by atoms with Crippen molar-refractivity contribution in [2.75, 3.05) is 25.0 Å². The fourth-order valence-electron chi connectivity index (χ4n) is 4.61. The lowest BCUT2D eigenvalue weighted by Gasteiger charge is -2.44. The van der Waals surface area contributed by atoms with Crippen molar-refractivity contribution in [3.05, 3.63) is 77.9 Å². The number of hydrogen-bond donors (Lipinski definition) is 1. The topological polar surface area (TPSA) is 67.4 Å². The van der Waals surface area contributed by atoms with Crippen molar-refractivity contribution in [1.29, 1.82) is 0 Å². The van der Waals surface area contributed by atoms with Crippen LogP contribution in [-0.2, 0) is 16.8 Å². The molecule has 2 amide bonds. The fraction of sp³-hybridized carbons (Fsp3) is 0.320. The van der Waals surface area contributed by atoms with E-state index in [9.17, 15) is 4.79 Å². The van der Waals surface area contributed by atoms with Gasteiger partial charge in [0.25, 0.3) is 0 Å². The van der Waals surface area contributed by atoms with Crippen LogP contribution in [-0.4, -0.2) is 40.6 Å². The smallest absolute Gasteiger partial charge is 0.321 e. The van der Waals surface area contributed by atoms with Crippen LogP contribution in [0.4, 0.5) is 10.5 Å². The first-order chi connectivity index (χ1) is 15.1. The summed E-state index contributed by atoms with van der Waals surface area (Å²) in [5.74, 6) is 0.765. The number of piperidine rings is 1. The molecule has 0 radical (unpaired) electrons. The van der Waals surface area contributed by atoms with Gasteiger partial charge in [0, 0.05) is 24.8 Å². The molecule has 1 aromatic heterocycles. The molecule has 0 atom stereocenters. The molecule has 2 aromatic carbocycles. The van der Waals surface area contributed by atoms with Crippen molar-refractivity contribution in [1.82, 2.24) is 14.9 Å². The maximum atomic E-state index is 13.1. The molecule has 0 aliphatic carbocycles. The van der Waals surface area contributed by atoms with Crippen LogP contribution in [0.5, 0.6) is 0 Å². The van der Waals surface area contributed by atoms with Crippen molar-refractivity contribution in [2.45, 2.75) is 31.8 Å². The second-order valence-corrected chi connectivity index (χ2v) is 8.21. The highest BCUT2D eigenvalue weighted by molar-refractivity contribution is 5.94. The summed E-state index contributed by atoms with van der Waals surface area (Å²) in [4.78, 5) is 24.0. The predicted molar refractivity (Wildman–Crippen MR) is 120 cm³/mol. The molecular formula is C25H26N4O2. The Hall–Kier alpha value is -3.25. The SMILES string of the molecule is Cc1ncc2c(n1)C1(CCN(C(=O)Nc3ccccc3-c3ccccc3)CC1)OCC2. The second kappa shape index (κ2) is 8.12. The fourth-order valence-corrected chi connectivity index (χ4v) is 4.61. The van der Waals surface area contributed by atoms with Gasteiger partial charge >= 0.3 is 6.03 Å². The number of benzene rings is 2. The van der Waals surface area contributed by atoms with Gasteiger partial charge in [0.15, 0.2) is 0 Å². The zero-order valence-corrected chi connectivity index (χ0v) is 17.7. The standard InChI is InChI=1S/C25H26N4O2/c1-18-26-17-20-11-16-31-25(23(20)27-18)12-14-29(15-13-25)24(30)28-22-10-6-5-9-21(22)19-7-3-2-4-8-19/h2-10,17H,11-16H2,1H3,(H,28,30). The molecule has 1 fully saturated rings. The molecule has 5 rings (SSSR count). The number of amides is 2. The third-order valence-corrected chi connectivity index (χ3v) is 6.28. The number of rotatable bonds is 2. The Labute approximate surface area is 182 Å². The molecule has 6 nitrogen and oxygen atoms in total. The Morgan fingerprint density at radius 2 is 1.81 bits per heavy atom. The first kappa shape index (κ1) is 19.7. The minimum absolute atomic E-state index is 0.0758. The van der Waals surface area contributed by atoms with Gasteiger partial charge in [-0.15, -0.1) is 0 Å². The highest BCUT2D eigenvalue weighted by Gasteiger charge is 2.43. The molecule has 0 unspecified atom stereocenters. The van der Waals surface area contributed by atoms with Gasteiger partial charge in [0.1, 0.15) is 11.4 Å². The third-order valence-electron chi connectivity index (χ3n) is 6.28. The summed E-state index contributed by atoms with van der Waals surface area (Å²) in [5.41, 5.74) is 4.70. The van der Waals surface area contributed by atoms with Crippen LogP contribution >= 0.6 is 0 Å². The van der Waals surface area contributed by atoms with E-state index in [1.165, 1.54) is 5.56 Å². The number of anilines is 1. The van der Waals surface area contributed by atoms with Gasteiger partial charge in [-0.2, -0.15) is 0 Å². The second-order valence-electron chi connectivity index (χ2n) is 8.21. The van der Waals surface area contributed by atoms with Crippen LogP contribution in [0.2, 0.25) is 0 Å². The molecule has 3 heterocycles. The van der Waals surface area contributed by atoms with Gasteiger partial charge in [-0.3, -0.25) is 0 Å². The Morgan fingerprint density at radius 1 is 1.06 bits per heavy atom. The molecule has 3 aromatic rings. The zero-order valence-electron chi connectivity index (χ0n) is 17.7. The number of hydrogen-bond acceptors (Lipinski definition) is 4. The van der Waals surface area contributed by atoms with Gasteiger partial charge in [-0.1, -0.05) is 48.5 Å². The molecule has 1 saturated heterocycles. The molecule has 6 heteroatoms. The number of carbonyl (C=O) groups is 1. The number of nitrogens with one attached hydrogen (secondary N) is 1. The van der Waals surface area contributed by atoms with Crippen molar-refractivity contribution in [3.8, 4) is 11.1 Å². The van der Waals surface area contributed by atoms with E-state index >= 15 is 0 Å². The van der Waals surface area contributed by atoms with E-state index < -0.39 is 5.60 Å². The molecule has 1 spiro atoms. The summed E-state index contributed by atoms with van der Waals surface area (Å²) in [7, 11) is 0.